The van der Waals surface area contributed by atoms with E-state index in [9.17, 15) is 4.79 Å². The number of fused-ring (bicyclic) bond motifs is 1. The van der Waals surface area contributed by atoms with Crippen molar-refractivity contribution in [2.45, 2.75) is 12.8 Å². The number of aromatic nitrogens is 3. The zero-order valence-electron chi connectivity index (χ0n) is 11.8. The van der Waals surface area contributed by atoms with E-state index in [1.165, 1.54) is 19.1 Å². The van der Waals surface area contributed by atoms with Crippen LogP contribution in [0.5, 0.6) is 0 Å². The first-order valence-corrected chi connectivity index (χ1v) is 7.17. The molecule has 0 unspecified atom stereocenters. The van der Waals surface area contributed by atoms with Crippen LogP contribution in [-0.4, -0.2) is 26.8 Å². The van der Waals surface area contributed by atoms with Crippen molar-refractivity contribution in [2.24, 2.45) is 11.7 Å². The van der Waals surface area contributed by atoms with Crippen molar-refractivity contribution in [1.29, 1.82) is 0 Å². The van der Waals surface area contributed by atoms with Crippen LogP contribution >= 0.6 is 0 Å². The molecule has 3 N–H and O–H groups in total. The van der Waals surface area contributed by atoms with E-state index in [0.29, 0.717) is 0 Å². The zero-order valence-corrected chi connectivity index (χ0v) is 11.8. The lowest BCUT2D eigenvalue weighted by Crippen LogP contribution is -2.09. The average molecular weight is 297 g/mol. The maximum Gasteiger partial charge on any atom is 0.284 e. The molecule has 112 valence electrons. The Morgan fingerprint density at radius 3 is 3.05 bits per heavy atom. The van der Waals surface area contributed by atoms with Crippen molar-refractivity contribution in [3.63, 3.8) is 0 Å². The maximum absolute atomic E-state index is 11.2. The summed E-state index contributed by atoms with van der Waals surface area (Å²) in [5.74, 6) is 1.05. The first-order chi connectivity index (χ1) is 10.7. The van der Waals surface area contributed by atoms with E-state index in [1.54, 1.807) is 18.5 Å². The number of carbonyl (C=O) groups excluding carboxylic acids is 1. The zero-order chi connectivity index (χ0) is 15.1. The molecule has 4 rings (SSSR count). The van der Waals surface area contributed by atoms with Gasteiger partial charge in [0.1, 0.15) is 6.26 Å². The van der Waals surface area contributed by atoms with Crippen molar-refractivity contribution in [1.82, 2.24) is 14.4 Å². The minimum Gasteiger partial charge on any atom is -0.458 e. The Morgan fingerprint density at radius 1 is 1.45 bits per heavy atom. The van der Waals surface area contributed by atoms with Crippen LogP contribution in [0.4, 0.5) is 5.82 Å². The lowest BCUT2D eigenvalue weighted by Gasteiger charge is -2.08. The van der Waals surface area contributed by atoms with Crippen LogP contribution in [0, 0.1) is 5.92 Å². The third-order valence-electron chi connectivity index (χ3n) is 3.82. The number of primary amides is 1. The molecule has 0 atom stereocenters. The van der Waals surface area contributed by atoms with Gasteiger partial charge in [0.05, 0.1) is 11.9 Å². The molecule has 7 heteroatoms. The Balaban J connectivity index is 1.73. The number of anilines is 1. The van der Waals surface area contributed by atoms with Gasteiger partial charge in [-0.3, -0.25) is 9.20 Å². The van der Waals surface area contributed by atoms with Crippen molar-refractivity contribution in [2.75, 3.05) is 11.9 Å². The molecule has 1 saturated carbocycles. The highest BCUT2D eigenvalue weighted by molar-refractivity contribution is 5.91. The van der Waals surface area contributed by atoms with Crippen LogP contribution in [0.2, 0.25) is 0 Å². The molecule has 7 nitrogen and oxygen atoms in total. The number of nitrogens with two attached hydrogens (primary N) is 1. The number of carbonyl (C=O) groups is 1. The maximum atomic E-state index is 11.2. The summed E-state index contributed by atoms with van der Waals surface area (Å²) >= 11 is 0. The smallest absolute Gasteiger partial charge is 0.284 e. The Kier molecular flexibility index (Phi) is 2.85. The normalized spacial score (nSPS) is 14.4. The standard InChI is InChI=1S/C15H15N5O2/c16-13(21)12-5-10(8-22-12)11-7-19-14(18-6-9-1-2-9)15-17-3-4-20(11)15/h3-5,7-9H,1-2,6H2,(H2,16,21)(H,18,19). The van der Waals surface area contributed by atoms with Gasteiger partial charge in [-0.25, -0.2) is 9.97 Å². The van der Waals surface area contributed by atoms with Crippen LogP contribution in [0.1, 0.15) is 23.4 Å². The highest BCUT2D eigenvalue weighted by Crippen LogP contribution is 2.30. The Hall–Kier alpha value is -2.83. The van der Waals surface area contributed by atoms with E-state index in [-0.39, 0.29) is 5.76 Å². The van der Waals surface area contributed by atoms with Gasteiger partial charge in [-0.15, -0.1) is 0 Å². The van der Waals surface area contributed by atoms with Gasteiger partial charge >= 0.3 is 0 Å². The number of rotatable bonds is 5. The molecule has 22 heavy (non-hydrogen) atoms. The molecule has 3 aromatic heterocycles. The monoisotopic (exact) mass is 297 g/mol. The van der Waals surface area contributed by atoms with Crippen LogP contribution in [-0.2, 0) is 0 Å². The predicted molar refractivity (Wildman–Crippen MR) is 80.4 cm³/mol. The molecule has 3 aromatic rings. The van der Waals surface area contributed by atoms with Gasteiger partial charge in [0.2, 0.25) is 0 Å². The number of imidazole rings is 1. The van der Waals surface area contributed by atoms with Gasteiger partial charge < -0.3 is 15.5 Å². The first-order valence-electron chi connectivity index (χ1n) is 7.17. The summed E-state index contributed by atoms with van der Waals surface area (Å²) in [6.45, 7) is 0.923. The molecule has 0 bridgehead atoms. The van der Waals surface area contributed by atoms with Gasteiger partial charge in [0.15, 0.2) is 17.2 Å². The number of hydrogen-bond donors (Lipinski definition) is 2. The van der Waals surface area contributed by atoms with E-state index in [0.717, 1.165) is 35.2 Å². The second kappa shape index (κ2) is 4.87. The van der Waals surface area contributed by atoms with Crippen molar-refractivity contribution in [3.8, 4) is 11.3 Å². The molecule has 0 saturated heterocycles. The molecule has 1 fully saturated rings. The van der Waals surface area contributed by atoms with E-state index >= 15 is 0 Å². The summed E-state index contributed by atoms with van der Waals surface area (Å²) in [5, 5.41) is 3.35. The van der Waals surface area contributed by atoms with Gasteiger partial charge in [-0.05, 0) is 24.8 Å². The molecular formula is C15H15N5O2. The molecule has 0 aliphatic heterocycles. The van der Waals surface area contributed by atoms with Crippen LogP contribution in [0.15, 0.2) is 35.3 Å². The summed E-state index contributed by atoms with van der Waals surface area (Å²) < 4.78 is 7.09. The molecule has 1 aliphatic carbocycles. The van der Waals surface area contributed by atoms with E-state index in [1.807, 2.05) is 10.6 Å². The summed E-state index contributed by atoms with van der Waals surface area (Å²) in [7, 11) is 0. The minimum absolute atomic E-state index is 0.124. The quantitative estimate of drug-likeness (QED) is 0.749. The molecule has 3 heterocycles. The van der Waals surface area contributed by atoms with Crippen molar-refractivity contribution in [3.05, 3.63) is 36.7 Å². The SMILES string of the molecule is NC(=O)c1cc(-c2cnc(NCC3CC3)c3nccn23)co1. The summed E-state index contributed by atoms with van der Waals surface area (Å²) in [6, 6.07) is 1.61. The fourth-order valence-electron chi connectivity index (χ4n) is 2.42. The number of hydrogen-bond acceptors (Lipinski definition) is 5. The van der Waals surface area contributed by atoms with Crippen molar-refractivity contribution >= 4 is 17.4 Å². The number of nitrogens with one attached hydrogen (secondary N) is 1. The van der Waals surface area contributed by atoms with Crippen molar-refractivity contribution < 1.29 is 9.21 Å². The van der Waals surface area contributed by atoms with Gasteiger partial charge in [-0.1, -0.05) is 0 Å². The number of furan rings is 1. The lowest BCUT2D eigenvalue weighted by atomic mass is 10.2. The molecule has 1 amide bonds. The Morgan fingerprint density at radius 2 is 2.32 bits per heavy atom. The third-order valence-corrected chi connectivity index (χ3v) is 3.82. The highest BCUT2D eigenvalue weighted by atomic mass is 16.3. The second-order valence-corrected chi connectivity index (χ2v) is 5.50. The fourth-order valence-corrected chi connectivity index (χ4v) is 2.42. The molecule has 1 aliphatic rings. The fraction of sp³-hybridized carbons (Fsp3) is 0.267. The molecule has 0 radical (unpaired) electrons. The number of amides is 1. The molecule has 0 spiro atoms. The minimum atomic E-state index is -0.594. The van der Waals surface area contributed by atoms with Crippen LogP contribution < -0.4 is 11.1 Å². The largest absolute Gasteiger partial charge is 0.458 e. The Labute approximate surface area is 126 Å². The topological polar surface area (TPSA) is 98.5 Å². The van der Waals surface area contributed by atoms with Gasteiger partial charge in [0, 0.05) is 24.5 Å². The predicted octanol–water partition coefficient (Wildman–Crippen LogP) is 1.91. The average Bonchev–Trinajstić information content (AvgIpc) is 3.02. The highest BCUT2D eigenvalue weighted by Gasteiger charge is 2.21. The van der Waals surface area contributed by atoms with E-state index in [4.69, 9.17) is 10.2 Å². The van der Waals surface area contributed by atoms with Gasteiger partial charge in [-0.2, -0.15) is 0 Å². The summed E-state index contributed by atoms with van der Waals surface area (Å²) in [6.07, 6.45) is 9.36. The van der Waals surface area contributed by atoms with E-state index in [2.05, 4.69) is 15.3 Å². The molecular weight excluding hydrogens is 282 g/mol. The third kappa shape index (κ3) is 2.20. The van der Waals surface area contributed by atoms with Gasteiger partial charge in [0.25, 0.3) is 5.91 Å². The lowest BCUT2D eigenvalue weighted by molar-refractivity contribution is 0.0974. The summed E-state index contributed by atoms with van der Waals surface area (Å²) in [4.78, 5) is 20.0. The molecule has 0 aromatic carbocycles. The van der Waals surface area contributed by atoms with Crippen LogP contribution in [0.25, 0.3) is 16.9 Å². The van der Waals surface area contributed by atoms with E-state index < -0.39 is 5.91 Å². The number of nitrogens with zero attached hydrogens (tertiary/aromatic N) is 3. The Bertz CT molecular complexity index is 847. The first kappa shape index (κ1) is 12.9. The second-order valence-electron chi connectivity index (χ2n) is 5.50. The van der Waals surface area contributed by atoms with Crippen LogP contribution in [0.3, 0.4) is 0 Å². The summed E-state index contributed by atoms with van der Waals surface area (Å²) in [5.41, 5.74) is 7.49.